The Morgan fingerprint density at radius 3 is 1.48 bits per heavy atom. The molecule has 0 heterocycles. The minimum atomic E-state index is -4.17. The summed E-state index contributed by atoms with van der Waals surface area (Å²) >= 11 is 0. The highest BCUT2D eigenvalue weighted by molar-refractivity contribution is 7.48. The van der Waals surface area contributed by atoms with Crippen LogP contribution in [0.3, 0.4) is 0 Å². The van der Waals surface area contributed by atoms with Gasteiger partial charge in [0.1, 0.15) is 0 Å². The Bertz CT molecular complexity index is 360. The van der Waals surface area contributed by atoms with Gasteiger partial charge in [0, 0.05) is 13.5 Å². The van der Waals surface area contributed by atoms with Crippen LogP contribution in [-0.2, 0) is 18.4 Å². The topological polar surface area (TPSA) is 72.8 Å². The average Bonchev–Trinajstić information content (AvgIpc) is 2.58. The number of carbonyl (C=O) groups is 1. The van der Waals surface area contributed by atoms with Crippen molar-refractivity contribution in [1.29, 1.82) is 0 Å². The van der Waals surface area contributed by atoms with E-state index < -0.39 is 13.8 Å². The molecular weight excluding hydrogens is 339 g/mol. The lowest BCUT2D eigenvalue weighted by Gasteiger charge is -2.08. The van der Waals surface area contributed by atoms with E-state index in [0.29, 0.717) is 6.42 Å². The second-order valence-electron chi connectivity index (χ2n) is 6.81. The van der Waals surface area contributed by atoms with Gasteiger partial charge in [0.2, 0.25) is 0 Å². The Hall–Kier alpha value is -0.380. The summed E-state index contributed by atoms with van der Waals surface area (Å²) in [7, 11) is -3.13. The first-order chi connectivity index (χ1) is 12.0. The van der Waals surface area contributed by atoms with Gasteiger partial charge in [-0.3, -0.25) is 14.2 Å². The summed E-state index contributed by atoms with van der Waals surface area (Å²) in [5.74, 6) is -0.664. The summed E-state index contributed by atoms with van der Waals surface area (Å²) in [6.45, 7) is 2.26. The van der Waals surface area contributed by atoms with Crippen LogP contribution in [0.2, 0.25) is 0 Å². The van der Waals surface area contributed by atoms with E-state index >= 15 is 0 Å². The Balaban J connectivity index is 3.21. The van der Waals surface area contributed by atoms with Crippen molar-refractivity contribution in [2.24, 2.45) is 0 Å². The maximum atomic E-state index is 11.3. The molecule has 0 rings (SSSR count). The highest BCUT2D eigenvalue weighted by Crippen LogP contribution is 2.42. The van der Waals surface area contributed by atoms with E-state index in [-0.39, 0.29) is 6.42 Å². The molecule has 0 aliphatic carbocycles. The molecular formula is C19H39O5P. The van der Waals surface area contributed by atoms with E-state index in [9.17, 15) is 9.36 Å². The Morgan fingerprint density at radius 1 is 0.760 bits per heavy atom. The van der Waals surface area contributed by atoms with Crippen LogP contribution < -0.4 is 0 Å². The molecule has 0 aromatic heterocycles. The van der Waals surface area contributed by atoms with Gasteiger partial charge in [-0.15, -0.1) is 0 Å². The first-order valence-corrected chi connectivity index (χ1v) is 11.6. The van der Waals surface area contributed by atoms with E-state index in [4.69, 9.17) is 4.89 Å². The first-order valence-electron chi connectivity index (χ1n) is 10.1. The molecule has 0 radical (unpaired) electrons. The number of phosphoric ester groups is 1. The van der Waals surface area contributed by atoms with Crippen molar-refractivity contribution in [1.82, 2.24) is 0 Å². The zero-order valence-electron chi connectivity index (χ0n) is 16.3. The van der Waals surface area contributed by atoms with Crippen LogP contribution in [0.1, 0.15) is 110 Å². The van der Waals surface area contributed by atoms with E-state index in [1.54, 1.807) is 0 Å². The lowest BCUT2D eigenvalue weighted by Crippen LogP contribution is -2.03. The second-order valence-corrected chi connectivity index (χ2v) is 8.30. The standard InChI is InChI=1S/C19H39O5P/c1-3-4-5-6-7-8-9-10-11-12-13-14-15-16-17-18-19(20)24-25(21,22)23-2/h3-18H2,1-2H3,(H,21,22). The summed E-state index contributed by atoms with van der Waals surface area (Å²) in [4.78, 5) is 20.3. The molecule has 0 saturated carbocycles. The van der Waals surface area contributed by atoms with Gasteiger partial charge in [0.15, 0.2) is 0 Å². The largest absolute Gasteiger partial charge is 0.529 e. The molecule has 5 nitrogen and oxygen atoms in total. The monoisotopic (exact) mass is 378 g/mol. The zero-order valence-corrected chi connectivity index (χ0v) is 17.2. The molecule has 0 saturated heterocycles. The van der Waals surface area contributed by atoms with Gasteiger partial charge in [-0.25, -0.2) is 4.57 Å². The van der Waals surface area contributed by atoms with Gasteiger partial charge in [0.05, 0.1) is 0 Å². The third-order valence-corrected chi connectivity index (χ3v) is 5.33. The van der Waals surface area contributed by atoms with E-state index in [2.05, 4.69) is 16.0 Å². The lowest BCUT2D eigenvalue weighted by atomic mass is 10.0. The predicted molar refractivity (Wildman–Crippen MR) is 102 cm³/mol. The number of hydrogen-bond acceptors (Lipinski definition) is 4. The smallest absolute Gasteiger partial charge is 0.371 e. The fourth-order valence-electron chi connectivity index (χ4n) is 2.85. The molecule has 0 fully saturated rings. The first kappa shape index (κ1) is 24.6. The Labute approximate surface area is 154 Å². The quantitative estimate of drug-likeness (QED) is 0.217. The highest BCUT2D eigenvalue weighted by Gasteiger charge is 2.23. The molecule has 0 aliphatic heterocycles. The molecule has 6 heteroatoms. The van der Waals surface area contributed by atoms with Gasteiger partial charge in [-0.1, -0.05) is 96.8 Å². The molecule has 0 spiro atoms. The Morgan fingerprint density at radius 2 is 1.12 bits per heavy atom. The molecule has 0 bridgehead atoms. The lowest BCUT2D eigenvalue weighted by molar-refractivity contribution is -0.136. The van der Waals surface area contributed by atoms with E-state index in [1.807, 2.05) is 0 Å². The van der Waals surface area contributed by atoms with Gasteiger partial charge >= 0.3 is 13.8 Å². The molecule has 25 heavy (non-hydrogen) atoms. The van der Waals surface area contributed by atoms with Crippen LogP contribution in [0.25, 0.3) is 0 Å². The number of phosphoric acid groups is 1. The fraction of sp³-hybridized carbons (Fsp3) is 0.947. The molecule has 0 aliphatic rings. The van der Waals surface area contributed by atoms with Gasteiger partial charge < -0.3 is 4.52 Å². The molecule has 1 unspecified atom stereocenters. The third-order valence-electron chi connectivity index (χ3n) is 4.43. The molecule has 1 atom stereocenters. The van der Waals surface area contributed by atoms with Gasteiger partial charge in [-0.05, 0) is 6.42 Å². The second kappa shape index (κ2) is 17.1. The van der Waals surface area contributed by atoms with Crippen molar-refractivity contribution in [2.45, 2.75) is 110 Å². The van der Waals surface area contributed by atoms with Crippen LogP contribution in [0.4, 0.5) is 0 Å². The van der Waals surface area contributed by atoms with E-state index in [0.717, 1.165) is 20.0 Å². The van der Waals surface area contributed by atoms with Crippen molar-refractivity contribution in [2.75, 3.05) is 7.11 Å². The van der Waals surface area contributed by atoms with Crippen molar-refractivity contribution in [3.8, 4) is 0 Å². The maximum absolute atomic E-state index is 11.3. The number of unbranched alkanes of at least 4 members (excludes halogenated alkanes) is 14. The van der Waals surface area contributed by atoms with Crippen molar-refractivity contribution in [3.05, 3.63) is 0 Å². The van der Waals surface area contributed by atoms with Crippen molar-refractivity contribution < 1.29 is 23.3 Å². The molecule has 0 aromatic carbocycles. The molecule has 0 amide bonds. The zero-order chi connectivity index (χ0) is 18.8. The number of rotatable bonds is 18. The normalized spacial score (nSPS) is 13.6. The third kappa shape index (κ3) is 18.2. The SMILES string of the molecule is CCCCCCCCCCCCCCCCCC(=O)OP(=O)(O)OC. The number of hydrogen-bond donors (Lipinski definition) is 1. The average molecular weight is 378 g/mol. The van der Waals surface area contributed by atoms with Crippen molar-refractivity contribution >= 4 is 13.8 Å². The fourth-order valence-corrected chi connectivity index (χ4v) is 3.28. The van der Waals surface area contributed by atoms with Crippen LogP contribution >= 0.6 is 7.82 Å². The van der Waals surface area contributed by atoms with Crippen LogP contribution in [0.15, 0.2) is 0 Å². The maximum Gasteiger partial charge on any atom is 0.529 e. The van der Waals surface area contributed by atoms with Crippen LogP contribution in [-0.4, -0.2) is 18.0 Å². The van der Waals surface area contributed by atoms with Crippen LogP contribution in [0, 0.1) is 0 Å². The molecule has 1 N–H and O–H groups in total. The summed E-state index contributed by atoms with van der Waals surface area (Å²) in [6.07, 6.45) is 19.1. The molecule has 150 valence electrons. The Kier molecular flexibility index (Phi) is 16.8. The summed E-state index contributed by atoms with van der Waals surface area (Å²) in [5, 5.41) is 0. The number of carbonyl (C=O) groups excluding carboxylic acids is 1. The highest BCUT2D eigenvalue weighted by atomic mass is 31.2. The summed E-state index contributed by atoms with van der Waals surface area (Å²) in [6, 6.07) is 0. The summed E-state index contributed by atoms with van der Waals surface area (Å²) in [5.41, 5.74) is 0. The molecule has 0 aromatic rings. The van der Waals surface area contributed by atoms with Crippen molar-refractivity contribution in [3.63, 3.8) is 0 Å². The van der Waals surface area contributed by atoms with Gasteiger partial charge in [0.25, 0.3) is 0 Å². The summed E-state index contributed by atoms with van der Waals surface area (Å²) < 4.78 is 19.6. The minimum Gasteiger partial charge on any atom is -0.371 e. The van der Waals surface area contributed by atoms with Gasteiger partial charge in [-0.2, -0.15) is 0 Å². The predicted octanol–water partition coefficient (Wildman–Crippen LogP) is 6.54. The minimum absolute atomic E-state index is 0.173. The van der Waals surface area contributed by atoms with Crippen LogP contribution in [0.5, 0.6) is 0 Å². The van der Waals surface area contributed by atoms with E-state index in [1.165, 1.54) is 77.0 Å².